The number of rotatable bonds is 3. The summed E-state index contributed by atoms with van der Waals surface area (Å²) in [5.41, 5.74) is 0. The molecule has 17 heavy (non-hydrogen) atoms. The molecule has 0 amide bonds. The van der Waals surface area contributed by atoms with E-state index in [1.54, 1.807) is 12.1 Å². The Morgan fingerprint density at radius 1 is 1.59 bits per heavy atom. The van der Waals surface area contributed by atoms with Crippen molar-refractivity contribution in [2.75, 3.05) is 26.3 Å². The molecule has 1 aromatic heterocycles. The molecule has 1 atom stereocenters. The third-order valence-corrected chi connectivity index (χ3v) is 6.40. The summed E-state index contributed by atoms with van der Waals surface area (Å²) in [7, 11) is -3.45. The summed E-state index contributed by atoms with van der Waals surface area (Å²) in [6, 6.07) is 3.29. The van der Waals surface area contributed by atoms with Crippen molar-refractivity contribution >= 4 is 37.3 Å². The molecule has 2 rings (SSSR count). The molecular weight excluding hydrogens is 330 g/mol. The number of aliphatic hydroxyl groups is 1. The standard InChI is InChI=1S/C9H12BrNO4S2/c10-8-1-2-9(16-8)17(13,14)11-3-4-15-7(5-11)6-12/h1-2,7,12H,3-6H2. The molecule has 0 bridgehead atoms. The van der Waals surface area contributed by atoms with Gasteiger partial charge in [-0.05, 0) is 28.1 Å². The number of aliphatic hydroxyl groups excluding tert-OH is 1. The van der Waals surface area contributed by atoms with E-state index in [4.69, 9.17) is 9.84 Å². The van der Waals surface area contributed by atoms with Gasteiger partial charge in [-0.3, -0.25) is 0 Å². The molecule has 0 spiro atoms. The van der Waals surface area contributed by atoms with Crippen LogP contribution in [0.2, 0.25) is 0 Å². The lowest BCUT2D eigenvalue weighted by Gasteiger charge is -2.30. The number of morpholine rings is 1. The Bertz CT molecular complexity index is 487. The zero-order valence-corrected chi connectivity index (χ0v) is 12.1. The lowest BCUT2D eigenvalue weighted by Crippen LogP contribution is -2.46. The number of hydrogen-bond acceptors (Lipinski definition) is 5. The Labute approximate surface area is 112 Å². The van der Waals surface area contributed by atoms with Gasteiger partial charge in [0.15, 0.2) is 0 Å². The minimum Gasteiger partial charge on any atom is -0.394 e. The fraction of sp³-hybridized carbons (Fsp3) is 0.556. The normalized spacial score (nSPS) is 22.8. The van der Waals surface area contributed by atoms with Crippen LogP contribution in [0.15, 0.2) is 20.1 Å². The van der Waals surface area contributed by atoms with Crippen molar-refractivity contribution in [1.82, 2.24) is 4.31 Å². The second-order valence-electron chi connectivity index (χ2n) is 3.60. The maximum absolute atomic E-state index is 12.2. The van der Waals surface area contributed by atoms with E-state index in [0.717, 1.165) is 3.79 Å². The summed E-state index contributed by atoms with van der Waals surface area (Å²) in [6.07, 6.45) is -0.429. The van der Waals surface area contributed by atoms with Crippen LogP contribution in [-0.4, -0.2) is 50.2 Å². The number of ether oxygens (including phenoxy) is 1. The van der Waals surface area contributed by atoms with E-state index < -0.39 is 16.1 Å². The van der Waals surface area contributed by atoms with Crippen LogP contribution in [0.5, 0.6) is 0 Å². The molecule has 1 fully saturated rings. The van der Waals surface area contributed by atoms with Crippen molar-refractivity contribution in [1.29, 1.82) is 0 Å². The fourth-order valence-corrected chi connectivity index (χ4v) is 5.20. The molecule has 2 heterocycles. The first kappa shape index (κ1) is 13.4. The lowest BCUT2D eigenvalue weighted by molar-refractivity contribution is -0.0304. The van der Waals surface area contributed by atoms with Crippen LogP contribution < -0.4 is 0 Å². The third kappa shape index (κ3) is 2.88. The number of hydrogen-bond donors (Lipinski definition) is 1. The quantitative estimate of drug-likeness (QED) is 0.886. The van der Waals surface area contributed by atoms with Crippen LogP contribution in [-0.2, 0) is 14.8 Å². The monoisotopic (exact) mass is 341 g/mol. The first-order valence-corrected chi connectivity index (χ1v) is 8.07. The van der Waals surface area contributed by atoms with Crippen LogP contribution >= 0.6 is 27.3 Å². The second kappa shape index (κ2) is 5.33. The summed E-state index contributed by atoms with van der Waals surface area (Å²) in [5, 5.41) is 9.00. The second-order valence-corrected chi connectivity index (χ2v) is 8.22. The SMILES string of the molecule is O=S(=O)(c1ccc(Br)s1)N1CCOC(CO)C1. The molecule has 1 N–H and O–H groups in total. The van der Waals surface area contributed by atoms with Crippen molar-refractivity contribution in [3.05, 3.63) is 15.9 Å². The topological polar surface area (TPSA) is 66.8 Å². The zero-order valence-electron chi connectivity index (χ0n) is 8.87. The van der Waals surface area contributed by atoms with Crippen LogP contribution in [0.3, 0.4) is 0 Å². The highest BCUT2D eigenvalue weighted by atomic mass is 79.9. The van der Waals surface area contributed by atoms with Crippen LogP contribution in [0, 0.1) is 0 Å². The van der Waals surface area contributed by atoms with Crippen molar-refractivity contribution in [3.8, 4) is 0 Å². The molecule has 5 nitrogen and oxygen atoms in total. The van der Waals surface area contributed by atoms with Gasteiger partial charge in [-0.1, -0.05) is 0 Å². The third-order valence-electron chi connectivity index (χ3n) is 2.45. The maximum atomic E-state index is 12.2. The average molecular weight is 342 g/mol. The van der Waals surface area contributed by atoms with Gasteiger partial charge >= 0.3 is 0 Å². The van der Waals surface area contributed by atoms with Gasteiger partial charge in [0.1, 0.15) is 4.21 Å². The average Bonchev–Trinajstić information content (AvgIpc) is 2.76. The molecule has 96 valence electrons. The first-order chi connectivity index (χ1) is 8.04. The Morgan fingerprint density at radius 3 is 2.94 bits per heavy atom. The summed E-state index contributed by atoms with van der Waals surface area (Å²) in [6.45, 7) is 0.680. The molecule has 0 saturated carbocycles. The molecule has 1 saturated heterocycles. The van der Waals surface area contributed by atoms with E-state index in [2.05, 4.69) is 15.9 Å². The number of thiophene rings is 1. The van der Waals surface area contributed by atoms with Crippen molar-refractivity contribution < 1.29 is 18.3 Å². The Balaban J connectivity index is 2.21. The minimum atomic E-state index is -3.45. The Morgan fingerprint density at radius 2 is 2.35 bits per heavy atom. The molecule has 1 unspecified atom stereocenters. The highest BCUT2D eigenvalue weighted by Crippen LogP contribution is 2.29. The smallest absolute Gasteiger partial charge is 0.252 e. The number of halogens is 1. The molecule has 0 aromatic carbocycles. The molecule has 8 heteroatoms. The van der Waals surface area contributed by atoms with Crippen LogP contribution in [0.4, 0.5) is 0 Å². The van der Waals surface area contributed by atoms with Gasteiger partial charge in [-0.25, -0.2) is 8.42 Å². The van der Waals surface area contributed by atoms with Gasteiger partial charge in [0.2, 0.25) is 0 Å². The van der Waals surface area contributed by atoms with E-state index in [-0.39, 0.29) is 13.2 Å². The maximum Gasteiger partial charge on any atom is 0.252 e. The van der Waals surface area contributed by atoms with Gasteiger partial charge in [0.05, 0.1) is 23.1 Å². The van der Waals surface area contributed by atoms with Gasteiger partial charge < -0.3 is 9.84 Å². The number of nitrogens with zero attached hydrogens (tertiary/aromatic N) is 1. The highest BCUT2D eigenvalue weighted by molar-refractivity contribution is 9.11. The fourth-order valence-electron chi connectivity index (χ4n) is 1.58. The van der Waals surface area contributed by atoms with Crippen LogP contribution in [0.25, 0.3) is 0 Å². The van der Waals surface area contributed by atoms with Gasteiger partial charge in [0, 0.05) is 13.1 Å². The Kier molecular flexibility index (Phi) is 4.22. The first-order valence-electron chi connectivity index (χ1n) is 5.02. The van der Waals surface area contributed by atoms with Crippen molar-refractivity contribution in [2.45, 2.75) is 10.3 Å². The van der Waals surface area contributed by atoms with E-state index in [1.807, 2.05) is 0 Å². The predicted molar refractivity (Wildman–Crippen MR) is 67.6 cm³/mol. The largest absolute Gasteiger partial charge is 0.394 e. The van der Waals surface area contributed by atoms with Gasteiger partial charge in [-0.2, -0.15) is 4.31 Å². The minimum absolute atomic E-state index is 0.167. The van der Waals surface area contributed by atoms with Gasteiger partial charge in [0.25, 0.3) is 10.0 Å². The summed E-state index contributed by atoms with van der Waals surface area (Å²) in [4.78, 5) is 0. The predicted octanol–water partition coefficient (Wildman–Crippen LogP) is 0.892. The molecular formula is C9H12BrNO4S2. The van der Waals surface area contributed by atoms with E-state index >= 15 is 0 Å². The Hall–Kier alpha value is 0.01000. The highest BCUT2D eigenvalue weighted by Gasteiger charge is 2.31. The van der Waals surface area contributed by atoms with E-state index in [1.165, 1.54) is 15.6 Å². The lowest BCUT2D eigenvalue weighted by atomic mass is 10.3. The van der Waals surface area contributed by atoms with Crippen molar-refractivity contribution in [3.63, 3.8) is 0 Å². The molecule has 0 aliphatic carbocycles. The molecule has 1 aromatic rings. The van der Waals surface area contributed by atoms with E-state index in [0.29, 0.717) is 17.4 Å². The number of sulfonamides is 1. The van der Waals surface area contributed by atoms with Gasteiger partial charge in [-0.15, -0.1) is 11.3 Å². The summed E-state index contributed by atoms with van der Waals surface area (Å²) < 4.78 is 32.2. The van der Waals surface area contributed by atoms with Crippen molar-refractivity contribution in [2.24, 2.45) is 0 Å². The molecule has 0 radical (unpaired) electrons. The summed E-state index contributed by atoms with van der Waals surface area (Å²) in [5.74, 6) is 0. The van der Waals surface area contributed by atoms with Crippen LogP contribution in [0.1, 0.15) is 0 Å². The van der Waals surface area contributed by atoms with E-state index in [9.17, 15) is 8.42 Å². The molecule has 1 aliphatic heterocycles. The summed E-state index contributed by atoms with van der Waals surface area (Å²) >= 11 is 4.43. The molecule has 1 aliphatic rings. The zero-order chi connectivity index (χ0) is 12.5.